The van der Waals surface area contributed by atoms with Crippen molar-refractivity contribution in [1.29, 1.82) is 0 Å². The summed E-state index contributed by atoms with van der Waals surface area (Å²) in [6.45, 7) is 1.41. The molecule has 2 N–H and O–H groups in total. The van der Waals surface area contributed by atoms with Crippen molar-refractivity contribution in [2.75, 3.05) is 13.7 Å². The fourth-order valence-electron chi connectivity index (χ4n) is 1.67. The molecular formula is C12H16F3NO. The SMILES string of the molecule is COc1ccc(C)cc1CC(CN)C(F)(F)F. The second-order valence-corrected chi connectivity index (χ2v) is 3.99. The summed E-state index contributed by atoms with van der Waals surface area (Å²) in [5.41, 5.74) is 6.62. The summed E-state index contributed by atoms with van der Waals surface area (Å²) in [5.74, 6) is -1.06. The summed E-state index contributed by atoms with van der Waals surface area (Å²) in [6.07, 6.45) is -4.42. The fourth-order valence-corrected chi connectivity index (χ4v) is 1.67. The molecule has 0 saturated carbocycles. The van der Waals surface area contributed by atoms with E-state index in [0.29, 0.717) is 11.3 Å². The lowest BCUT2D eigenvalue weighted by Crippen LogP contribution is -2.32. The second kappa shape index (κ2) is 5.40. The van der Waals surface area contributed by atoms with E-state index in [4.69, 9.17) is 10.5 Å². The van der Waals surface area contributed by atoms with Crippen molar-refractivity contribution in [3.8, 4) is 5.75 Å². The number of nitrogens with two attached hydrogens (primary N) is 1. The minimum atomic E-state index is -4.27. The highest BCUT2D eigenvalue weighted by Crippen LogP contribution is 2.31. The first kappa shape index (κ1) is 13.8. The molecule has 0 fully saturated rings. The molecule has 0 amide bonds. The molecule has 1 unspecified atom stereocenters. The Hall–Kier alpha value is -1.23. The molecule has 1 rings (SSSR count). The maximum absolute atomic E-state index is 12.6. The lowest BCUT2D eigenvalue weighted by atomic mass is 9.97. The van der Waals surface area contributed by atoms with Gasteiger partial charge in [-0.25, -0.2) is 0 Å². The monoisotopic (exact) mass is 247 g/mol. The highest BCUT2D eigenvalue weighted by molar-refractivity contribution is 5.37. The van der Waals surface area contributed by atoms with Crippen molar-refractivity contribution in [1.82, 2.24) is 0 Å². The molecule has 0 aromatic heterocycles. The first-order valence-electron chi connectivity index (χ1n) is 5.28. The van der Waals surface area contributed by atoms with Crippen LogP contribution in [0.4, 0.5) is 13.2 Å². The molecule has 0 aliphatic carbocycles. The minimum absolute atomic E-state index is 0.148. The lowest BCUT2D eigenvalue weighted by Gasteiger charge is -2.19. The molecule has 0 heterocycles. The van der Waals surface area contributed by atoms with Crippen LogP contribution in [0.5, 0.6) is 5.75 Å². The van der Waals surface area contributed by atoms with Crippen molar-refractivity contribution in [3.05, 3.63) is 29.3 Å². The van der Waals surface area contributed by atoms with Crippen LogP contribution in [0.2, 0.25) is 0 Å². The highest BCUT2D eigenvalue weighted by Gasteiger charge is 2.38. The van der Waals surface area contributed by atoms with Crippen molar-refractivity contribution >= 4 is 0 Å². The van der Waals surface area contributed by atoms with E-state index in [2.05, 4.69) is 0 Å². The maximum Gasteiger partial charge on any atom is 0.393 e. The average molecular weight is 247 g/mol. The minimum Gasteiger partial charge on any atom is -0.496 e. The molecule has 0 spiro atoms. The number of benzene rings is 1. The van der Waals surface area contributed by atoms with Crippen molar-refractivity contribution < 1.29 is 17.9 Å². The molecule has 0 aliphatic heterocycles. The summed E-state index contributed by atoms with van der Waals surface area (Å²) in [6, 6.07) is 5.18. The van der Waals surface area contributed by atoms with Gasteiger partial charge >= 0.3 is 6.18 Å². The van der Waals surface area contributed by atoms with E-state index in [1.165, 1.54) is 7.11 Å². The van der Waals surface area contributed by atoms with Gasteiger partial charge in [-0.1, -0.05) is 17.7 Å². The molecule has 0 radical (unpaired) electrons. The van der Waals surface area contributed by atoms with Gasteiger partial charge in [-0.3, -0.25) is 0 Å². The van der Waals surface area contributed by atoms with Crippen molar-refractivity contribution in [2.45, 2.75) is 19.5 Å². The van der Waals surface area contributed by atoms with Gasteiger partial charge in [0.25, 0.3) is 0 Å². The molecular weight excluding hydrogens is 231 g/mol. The fraction of sp³-hybridized carbons (Fsp3) is 0.500. The number of hydrogen-bond acceptors (Lipinski definition) is 2. The van der Waals surface area contributed by atoms with Crippen LogP contribution in [0.3, 0.4) is 0 Å². The van der Waals surface area contributed by atoms with Crippen LogP contribution in [0.25, 0.3) is 0 Å². The van der Waals surface area contributed by atoms with Gasteiger partial charge in [0.1, 0.15) is 5.75 Å². The van der Waals surface area contributed by atoms with E-state index in [1.807, 2.05) is 6.92 Å². The maximum atomic E-state index is 12.6. The third kappa shape index (κ3) is 3.63. The van der Waals surface area contributed by atoms with Gasteiger partial charge in [-0.2, -0.15) is 13.2 Å². The predicted octanol–water partition coefficient (Wildman–Crippen LogP) is 2.68. The molecule has 0 bridgehead atoms. The molecule has 0 saturated heterocycles. The van der Waals surface area contributed by atoms with Gasteiger partial charge in [0.2, 0.25) is 0 Å². The Morgan fingerprint density at radius 1 is 1.35 bits per heavy atom. The van der Waals surface area contributed by atoms with Crippen LogP contribution in [-0.4, -0.2) is 19.8 Å². The van der Waals surface area contributed by atoms with Crippen LogP contribution >= 0.6 is 0 Å². The Labute approximate surface area is 98.6 Å². The van der Waals surface area contributed by atoms with Crippen LogP contribution in [0.1, 0.15) is 11.1 Å². The van der Waals surface area contributed by atoms with Crippen molar-refractivity contribution in [2.24, 2.45) is 11.7 Å². The van der Waals surface area contributed by atoms with Crippen LogP contribution < -0.4 is 10.5 Å². The summed E-state index contributed by atoms with van der Waals surface area (Å²) in [7, 11) is 1.44. The van der Waals surface area contributed by atoms with Gasteiger partial charge in [0.05, 0.1) is 13.0 Å². The number of ether oxygens (including phenoxy) is 1. The first-order chi connectivity index (χ1) is 7.88. The third-order valence-electron chi connectivity index (χ3n) is 2.65. The zero-order chi connectivity index (χ0) is 13.1. The lowest BCUT2D eigenvalue weighted by molar-refractivity contribution is -0.171. The number of halogens is 3. The predicted molar refractivity (Wildman–Crippen MR) is 60.0 cm³/mol. The molecule has 1 atom stereocenters. The largest absolute Gasteiger partial charge is 0.496 e. The molecule has 0 aliphatic rings. The van der Waals surface area contributed by atoms with Crippen LogP contribution in [0.15, 0.2) is 18.2 Å². The quantitative estimate of drug-likeness (QED) is 0.887. The molecule has 96 valence electrons. The Morgan fingerprint density at radius 2 is 2.00 bits per heavy atom. The molecule has 1 aromatic rings. The van der Waals surface area contributed by atoms with Crippen LogP contribution in [-0.2, 0) is 6.42 Å². The summed E-state index contributed by atoms with van der Waals surface area (Å²) in [4.78, 5) is 0. The molecule has 5 heteroatoms. The topological polar surface area (TPSA) is 35.2 Å². The molecule has 2 nitrogen and oxygen atoms in total. The Kier molecular flexibility index (Phi) is 4.40. The summed E-state index contributed by atoms with van der Waals surface area (Å²) >= 11 is 0. The third-order valence-corrected chi connectivity index (χ3v) is 2.65. The van der Waals surface area contributed by atoms with Gasteiger partial charge in [-0.05, 0) is 25.0 Å². The summed E-state index contributed by atoms with van der Waals surface area (Å²) < 4.78 is 42.9. The van der Waals surface area contributed by atoms with E-state index in [0.717, 1.165) is 5.56 Å². The zero-order valence-corrected chi connectivity index (χ0v) is 9.84. The van der Waals surface area contributed by atoms with Gasteiger partial charge in [-0.15, -0.1) is 0 Å². The van der Waals surface area contributed by atoms with Gasteiger partial charge < -0.3 is 10.5 Å². The van der Waals surface area contributed by atoms with Gasteiger partial charge in [0, 0.05) is 6.54 Å². The van der Waals surface area contributed by atoms with E-state index in [1.54, 1.807) is 18.2 Å². The molecule has 17 heavy (non-hydrogen) atoms. The Morgan fingerprint density at radius 3 is 2.47 bits per heavy atom. The average Bonchev–Trinajstić information content (AvgIpc) is 2.24. The van der Waals surface area contributed by atoms with E-state index >= 15 is 0 Å². The second-order valence-electron chi connectivity index (χ2n) is 3.99. The van der Waals surface area contributed by atoms with E-state index < -0.39 is 18.6 Å². The number of methoxy groups -OCH3 is 1. The Bertz CT molecular complexity index is 377. The molecule has 1 aromatic carbocycles. The first-order valence-corrected chi connectivity index (χ1v) is 5.28. The standard InChI is InChI=1S/C12H16F3NO/c1-8-3-4-11(17-2)9(5-8)6-10(7-16)12(13,14)15/h3-5,10H,6-7,16H2,1-2H3. The normalized spacial score (nSPS) is 13.5. The number of rotatable bonds is 4. The smallest absolute Gasteiger partial charge is 0.393 e. The van der Waals surface area contributed by atoms with Crippen LogP contribution in [0, 0.1) is 12.8 Å². The van der Waals surface area contributed by atoms with Crippen molar-refractivity contribution in [3.63, 3.8) is 0 Å². The Balaban J connectivity index is 2.96. The highest BCUT2D eigenvalue weighted by atomic mass is 19.4. The number of aryl methyl sites for hydroxylation is 1. The van der Waals surface area contributed by atoms with Gasteiger partial charge in [0.15, 0.2) is 0 Å². The summed E-state index contributed by atoms with van der Waals surface area (Å²) in [5, 5.41) is 0. The van der Waals surface area contributed by atoms with E-state index in [9.17, 15) is 13.2 Å². The van der Waals surface area contributed by atoms with E-state index in [-0.39, 0.29) is 6.42 Å². The zero-order valence-electron chi connectivity index (χ0n) is 9.84. The number of hydrogen-bond donors (Lipinski definition) is 1. The number of alkyl halides is 3.